The highest BCUT2D eigenvalue weighted by Gasteiger charge is 2.16. The molecule has 2 rings (SSSR count). The van der Waals surface area contributed by atoms with Crippen molar-refractivity contribution < 1.29 is 13.2 Å². The Kier molecular flexibility index (Phi) is 4.45. The molecule has 1 nitrogen and oxygen atoms in total. The summed E-state index contributed by atoms with van der Waals surface area (Å²) in [6.45, 7) is 5.27. The summed E-state index contributed by atoms with van der Waals surface area (Å²) in [5, 5.41) is 3.17. The predicted molar refractivity (Wildman–Crippen MR) is 73.9 cm³/mol. The van der Waals surface area contributed by atoms with Crippen LogP contribution in [0.1, 0.15) is 18.1 Å². The van der Waals surface area contributed by atoms with Crippen molar-refractivity contribution in [1.29, 1.82) is 0 Å². The summed E-state index contributed by atoms with van der Waals surface area (Å²) < 4.78 is 40.2. The van der Waals surface area contributed by atoms with Crippen LogP contribution in [0.15, 0.2) is 30.3 Å². The minimum Gasteiger partial charge on any atom is -0.313 e. The van der Waals surface area contributed by atoms with Crippen LogP contribution in [-0.2, 0) is 6.54 Å². The van der Waals surface area contributed by atoms with Crippen LogP contribution < -0.4 is 5.32 Å². The standard InChI is InChI=1S/C16H16F3N/c1-3-20-9-11-5-4-10(2)13(8-11)12-6-7-14(17)16(19)15(12)18/h4-8,20H,3,9H2,1-2H3. The third-order valence-electron chi connectivity index (χ3n) is 3.21. The van der Waals surface area contributed by atoms with E-state index in [1.54, 1.807) is 6.07 Å². The molecule has 0 spiro atoms. The second-order valence-electron chi connectivity index (χ2n) is 4.65. The van der Waals surface area contributed by atoms with Crippen LogP contribution >= 0.6 is 0 Å². The van der Waals surface area contributed by atoms with E-state index in [1.807, 2.05) is 26.0 Å². The molecular formula is C16H16F3N. The van der Waals surface area contributed by atoms with Crippen LogP contribution in [0.5, 0.6) is 0 Å². The molecule has 0 saturated carbocycles. The van der Waals surface area contributed by atoms with Gasteiger partial charge in [-0.1, -0.05) is 19.1 Å². The molecule has 0 saturated heterocycles. The first-order valence-corrected chi connectivity index (χ1v) is 6.48. The van der Waals surface area contributed by atoms with Crippen LogP contribution in [0, 0.1) is 24.4 Å². The van der Waals surface area contributed by atoms with Gasteiger partial charge in [0.25, 0.3) is 0 Å². The van der Waals surface area contributed by atoms with Crippen LogP contribution in [0.2, 0.25) is 0 Å². The lowest BCUT2D eigenvalue weighted by Gasteiger charge is -2.11. The number of hydrogen-bond acceptors (Lipinski definition) is 1. The molecule has 0 radical (unpaired) electrons. The number of rotatable bonds is 4. The second-order valence-corrected chi connectivity index (χ2v) is 4.65. The molecule has 2 aromatic rings. The van der Waals surface area contributed by atoms with Crippen molar-refractivity contribution in [2.24, 2.45) is 0 Å². The molecule has 0 fully saturated rings. The molecule has 106 valence electrons. The monoisotopic (exact) mass is 279 g/mol. The predicted octanol–water partition coefficient (Wildman–Crippen LogP) is 4.19. The molecule has 0 unspecified atom stereocenters. The van der Waals surface area contributed by atoms with Crippen molar-refractivity contribution in [3.63, 3.8) is 0 Å². The topological polar surface area (TPSA) is 12.0 Å². The van der Waals surface area contributed by atoms with Gasteiger partial charge in [-0.2, -0.15) is 0 Å². The maximum atomic E-state index is 13.9. The van der Waals surface area contributed by atoms with Gasteiger partial charge in [0, 0.05) is 12.1 Å². The van der Waals surface area contributed by atoms with E-state index < -0.39 is 17.5 Å². The van der Waals surface area contributed by atoms with E-state index in [0.717, 1.165) is 23.7 Å². The third-order valence-corrected chi connectivity index (χ3v) is 3.21. The van der Waals surface area contributed by atoms with E-state index in [2.05, 4.69) is 5.32 Å². The van der Waals surface area contributed by atoms with Crippen molar-refractivity contribution in [3.8, 4) is 11.1 Å². The van der Waals surface area contributed by atoms with Crippen LogP contribution in [0.3, 0.4) is 0 Å². The van der Waals surface area contributed by atoms with Crippen LogP contribution in [-0.4, -0.2) is 6.54 Å². The molecule has 2 aromatic carbocycles. The molecular weight excluding hydrogens is 263 g/mol. The van der Waals surface area contributed by atoms with Crippen molar-refractivity contribution in [3.05, 3.63) is 58.9 Å². The summed E-state index contributed by atoms with van der Waals surface area (Å²) in [6.07, 6.45) is 0. The largest absolute Gasteiger partial charge is 0.313 e. The Hall–Kier alpha value is -1.81. The van der Waals surface area contributed by atoms with E-state index in [9.17, 15) is 13.2 Å². The van der Waals surface area contributed by atoms with Gasteiger partial charge >= 0.3 is 0 Å². The highest BCUT2D eigenvalue weighted by molar-refractivity contribution is 5.68. The molecule has 0 aliphatic heterocycles. The van der Waals surface area contributed by atoms with Gasteiger partial charge < -0.3 is 5.32 Å². The average molecular weight is 279 g/mol. The first kappa shape index (κ1) is 14.6. The average Bonchev–Trinajstić information content (AvgIpc) is 2.45. The van der Waals surface area contributed by atoms with Gasteiger partial charge in [0.05, 0.1) is 0 Å². The molecule has 4 heteroatoms. The fourth-order valence-electron chi connectivity index (χ4n) is 2.07. The van der Waals surface area contributed by atoms with E-state index >= 15 is 0 Å². The van der Waals surface area contributed by atoms with Crippen LogP contribution in [0.25, 0.3) is 11.1 Å². The molecule has 1 N–H and O–H groups in total. The van der Waals surface area contributed by atoms with Gasteiger partial charge in [-0.3, -0.25) is 0 Å². The molecule has 20 heavy (non-hydrogen) atoms. The minimum atomic E-state index is -1.43. The Morgan fingerprint density at radius 1 is 0.950 bits per heavy atom. The van der Waals surface area contributed by atoms with Gasteiger partial charge in [-0.15, -0.1) is 0 Å². The highest BCUT2D eigenvalue weighted by atomic mass is 19.2. The number of hydrogen-bond donors (Lipinski definition) is 1. The quantitative estimate of drug-likeness (QED) is 0.827. The van der Waals surface area contributed by atoms with Gasteiger partial charge in [-0.05, 0) is 48.4 Å². The fourth-order valence-corrected chi connectivity index (χ4v) is 2.07. The summed E-state index contributed by atoms with van der Waals surface area (Å²) in [6, 6.07) is 7.80. The lowest BCUT2D eigenvalue weighted by atomic mass is 9.97. The molecule has 0 amide bonds. The zero-order valence-corrected chi connectivity index (χ0v) is 11.4. The number of nitrogens with one attached hydrogen (secondary N) is 1. The maximum absolute atomic E-state index is 13.9. The lowest BCUT2D eigenvalue weighted by Crippen LogP contribution is -2.11. The summed E-state index contributed by atoms with van der Waals surface area (Å²) in [4.78, 5) is 0. The normalized spacial score (nSPS) is 10.8. The Bertz CT molecular complexity index is 623. The first-order chi connectivity index (χ1) is 9.54. The van der Waals surface area contributed by atoms with E-state index in [4.69, 9.17) is 0 Å². The zero-order chi connectivity index (χ0) is 14.7. The van der Waals surface area contributed by atoms with E-state index in [0.29, 0.717) is 12.1 Å². The SMILES string of the molecule is CCNCc1ccc(C)c(-c2ccc(F)c(F)c2F)c1. The molecule has 0 heterocycles. The molecule has 0 aromatic heterocycles. The Labute approximate surface area is 116 Å². The van der Waals surface area contributed by atoms with Crippen molar-refractivity contribution >= 4 is 0 Å². The number of aryl methyl sites for hydroxylation is 1. The number of halogens is 3. The van der Waals surface area contributed by atoms with Crippen LogP contribution in [0.4, 0.5) is 13.2 Å². The smallest absolute Gasteiger partial charge is 0.195 e. The lowest BCUT2D eigenvalue weighted by molar-refractivity contribution is 0.449. The molecule has 0 aliphatic carbocycles. The third kappa shape index (κ3) is 2.85. The van der Waals surface area contributed by atoms with Gasteiger partial charge in [0.15, 0.2) is 17.5 Å². The second kappa shape index (κ2) is 6.09. The first-order valence-electron chi connectivity index (χ1n) is 6.48. The van der Waals surface area contributed by atoms with Gasteiger partial charge in [0.2, 0.25) is 0 Å². The molecule has 0 bridgehead atoms. The van der Waals surface area contributed by atoms with Gasteiger partial charge in [-0.25, -0.2) is 13.2 Å². The molecule has 0 atom stereocenters. The summed E-state index contributed by atoms with van der Waals surface area (Å²) >= 11 is 0. The Balaban J connectivity index is 2.49. The zero-order valence-electron chi connectivity index (χ0n) is 11.4. The summed E-state index contributed by atoms with van der Waals surface area (Å²) in [7, 11) is 0. The van der Waals surface area contributed by atoms with Crippen molar-refractivity contribution in [2.75, 3.05) is 6.54 Å². The minimum absolute atomic E-state index is 0.0831. The van der Waals surface area contributed by atoms with Crippen molar-refractivity contribution in [1.82, 2.24) is 5.32 Å². The Morgan fingerprint density at radius 2 is 1.70 bits per heavy atom. The highest BCUT2D eigenvalue weighted by Crippen LogP contribution is 2.29. The molecule has 0 aliphatic rings. The summed E-state index contributed by atoms with van der Waals surface area (Å²) in [5.41, 5.74) is 2.45. The fraction of sp³-hybridized carbons (Fsp3) is 0.250. The number of benzene rings is 2. The van der Waals surface area contributed by atoms with E-state index in [1.165, 1.54) is 6.07 Å². The maximum Gasteiger partial charge on any atom is 0.195 e. The summed E-state index contributed by atoms with van der Waals surface area (Å²) in [5.74, 6) is -3.75. The van der Waals surface area contributed by atoms with Gasteiger partial charge in [0.1, 0.15) is 0 Å². The van der Waals surface area contributed by atoms with Crippen molar-refractivity contribution in [2.45, 2.75) is 20.4 Å². The van der Waals surface area contributed by atoms with E-state index in [-0.39, 0.29) is 5.56 Å². The Morgan fingerprint density at radius 3 is 2.40 bits per heavy atom.